The Morgan fingerprint density at radius 2 is 1.78 bits per heavy atom. The molecule has 0 radical (unpaired) electrons. The first-order valence-electron chi connectivity index (χ1n) is 7.01. The number of hydrogen-bond acceptors (Lipinski definition) is 2. The lowest BCUT2D eigenvalue weighted by molar-refractivity contribution is -0.143. The van der Waals surface area contributed by atoms with Crippen LogP contribution >= 0.6 is 0 Å². The number of aliphatic carboxylic acids is 1. The number of nitrogens with one attached hydrogen (secondary N) is 1. The minimum absolute atomic E-state index is 0.150. The molecule has 2 unspecified atom stereocenters. The Balaban J connectivity index is 2.77. The van der Waals surface area contributed by atoms with Crippen LogP contribution in [0.15, 0.2) is 24.3 Å². The van der Waals surface area contributed by atoms with Crippen LogP contribution in [0, 0.1) is 0 Å². The molecule has 1 amide bonds. The van der Waals surface area contributed by atoms with Gasteiger partial charge in [-0.05, 0) is 24.1 Å². The summed E-state index contributed by atoms with van der Waals surface area (Å²) in [5.74, 6) is -2.47. The van der Waals surface area contributed by atoms with Crippen LogP contribution in [0.25, 0.3) is 0 Å². The van der Waals surface area contributed by atoms with E-state index in [1.165, 1.54) is 0 Å². The summed E-state index contributed by atoms with van der Waals surface area (Å²) in [7, 11) is 0. The molecule has 2 atom stereocenters. The number of amides is 1. The van der Waals surface area contributed by atoms with Crippen LogP contribution in [-0.4, -0.2) is 23.0 Å². The van der Waals surface area contributed by atoms with Gasteiger partial charge in [0.1, 0.15) is 6.04 Å². The quantitative estimate of drug-likeness (QED) is 0.750. The van der Waals surface area contributed by atoms with Gasteiger partial charge in [-0.1, -0.05) is 31.9 Å². The minimum atomic E-state index is -4.55. The Morgan fingerprint density at radius 3 is 2.22 bits per heavy atom. The lowest BCUT2D eigenvalue weighted by Crippen LogP contribution is -2.42. The van der Waals surface area contributed by atoms with Gasteiger partial charge in [0, 0.05) is 0 Å². The van der Waals surface area contributed by atoms with Crippen LogP contribution in [0.4, 0.5) is 17.6 Å². The molecule has 0 aliphatic heterocycles. The fraction of sp³-hybridized carbons (Fsp3) is 0.467. The predicted octanol–water partition coefficient (Wildman–Crippen LogP) is 3.48. The highest BCUT2D eigenvalue weighted by Crippen LogP contribution is 2.30. The molecule has 0 saturated heterocycles. The lowest BCUT2D eigenvalue weighted by Gasteiger charge is -2.16. The molecule has 8 heteroatoms. The molecule has 0 heterocycles. The molecule has 2 N–H and O–H groups in total. The first-order chi connectivity index (χ1) is 10.7. The number of rotatable bonds is 7. The number of halogens is 4. The van der Waals surface area contributed by atoms with E-state index in [1.54, 1.807) is 0 Å². The Bertz CT molecular complexity index is 543. The van der Waals surface area contributed by atoms with Crippen LogP contribution in [-0.2, 0) is 15.8 Å². The predicted molar refractivity (Wildman–Crippen MR) is 74.4 cm³/mol. The van der Waals surface area contributed by atoms with E-state index in [0.29, 0.717) is 25.0 Å². The van der Waals surface area contributed by atoms with Crippen molar-refractivity contribution in [1.29, 1.82) is 0 Å². The molecule has 1 aromatic rings. The number of carbonyl (C=O) groups is 2. The van der Waals surface area contributed by atoms with Crippen molar-refractivity contribution in [3.63, 3.8) is 0 Å². The van der Waals surface area contributed by atoms with E-state index in [2.05, 4.69) is 5.32 Å². The number of carboxylic acid groups (broad SMARTS) is 1. The van der Waals surface area contributed by atoms with Crippen molar-refractivity contribution in [3.05, 3.63) is 35.4 Å². The highest BCUT2D eigenvalue weighted by molar-refractivity contribution is 5.87. The molecule has 128 valence electrons. The van der Waals surface area contributed by atoms with Crippen molar-refractivity contribution in [2.24, 2.45) is 0 Å². The summed E-state index contributed by atoms with van der Waals surface area (Å²) >= 11 is 0. The third-order valence-corrected chi connectivity index (χ3v) is 3.22. The Hall–Kier alpha value is -2.12. The average Bonchev–Trinajstić information content (AvgIpc) is 2.49. The van der Waals surface area contributed by atoms with E-state index in [-0.39, 0.29) is 12.0 Å². The number of carboxylic acids is 1. The van der Waals surface area contributed by atoms with Crippen molar-refractivity contribution in [3.8, 4) is 0 Å². The second-order valence-corrected chi connectivity index (χ2v) is 5.02. The number of benzene rings is 1. The van der Waals surface area contributed by atoms with Gasteiger partial charge in [0.2, 0.25) is 6.17 Å². The maximum Gasteiger partial charge on any atom is 0.416 e. The number of alkyl halides is 4. The molecular formula is C15H17F4NO3. The first kappa shape index (κ1) is 18.9. The molecule has 0 aliphatic carbocycles. The van der Waals surface area contributed by atoms with Gasteiger partial charge in [-0.15, -0.1) is 0 Å². The molecule has 0 aliphatic rings. The minimum Gasteiger partial charge on any atom is -0.480 e. The van der Waals surface area contributed by atoms with Gasteiger partial charge in [0.15, 0.2) is 0 Å². The SMILES string of the molecule is CCCCC(NC(=O)C(F)c1ccc(C(F)(F)F)cc1)C(=O)O. The van der Waals surface area contributed by atoms with Crippen LogP contribution in [0.1, 0.15) is 43.5 Å². The largest absolute Gasteiger partial charge is 0.480 e. The van der Waals surface area contributed by atoms with Crippen LogP contribution in [0.5, 0.6) is 0 Å². The Kier molecular flexibility index (Phi) is 6.53. The summed E-state index contributed by atoms with van der Waals surface area (Å²) in [5.41, 5.74) is -1.23. The van der Waals surface area contributed by atoms with Crippen LogP contribution in [0.3, 0.4) is 0 Å². The first-order valence-corrected chi connectivity index (χ1v) is 7.01. The van der Waals surface area contributed by atoms with E-state index in [1.807, 2.05) is 6.92 Å². The zero-order chi connectivity index (χ0) is 17.6. The third-order valence-electron chi connectivity index (χ3n) is 3.22. The molecule has 1 aromatic carbocycles. The summed E-state index contributed by atoms with van der Waals surface area (Å²) in [6, 6.07) is 1.82. The van der Waals surface area contributed by atoms with Gasteiger partial charge in [0.05, 0.1) is 5.56 Å². The summed E-state index contributed by atoms with van der Waals surface area (Å²) in [4.78, 5) is 22.7. The van der Waals surface area contributed by atoms with Gasteiger partial charge in [-0.3, -0.25) is 4.79 Å². The molecule has 0 fully saturated rings. The molecule has 0 bridgehead atoms. The van der Waals surface area contributed by atoms with Crippen molar-refractivity contribution < 1.29 is 32.3 Å². The summed E-state index contributed by atoms with van der Waals surface area (Å²) in [6.07, 6.45) is -5.40. The van der Waals surface area contributed by atoms with Gasteiger partial charge in [-0.25, -0.2) is 9.18 Å². The number of hydrogen-bond donors (Lipinski definition) is 2. The van der Waals surface area contributed by atoms with Crippen molar-refractivity contribution in [1.82, 2.24) is 5.32 Å². The molecular weight excluding hydrogens is 318 g/mol. The summed E-state index contributed by atoms with van der Waals surface area (Å²) < 4.78 is 51.3. The second-order valence-electron chi connectivity index (χ2n) is 5.02. The number of unbranched alkanes of at least 4 members (excludes halogenated alkanes) is 1. The van der Waals surface area contributed by atoms with Crippen molar-refractivity contribution in [2.45, 2.75) is 44.6 Å². The molecule has 1 rings (SSSR count). The molecule has 4 nitrogen and oxygen atoms in total. The highest BCUT2D eigenvalue weighted by Gasteiger charge is 2.31. The Labute approximate surface area is 130 Å². The third kappa shape index (κ3) is 5.54. The summed E-state index contributed by atoms with van der Waals surface area (Å²) in [5, 5.41) is 11.0. The maximum absolute atomic E-state index is 14.0. The van der Waals surface area contributed by atoms with Gasteiger partial charge < -0.3 is 10.4 Å². The van der Waals surface area contributed by atoms with Gasteiger partial charge >= 0.3 is 12.1 Å². The van der Waals surface area contributed by atoms with E-state index in [9.17, 15) is 27.2 Å². The highest BCUT2D eigenvalue weighted by atomic mass is 19.4. The van der Waals surface area contributed by atoms with Crippen molar-refractivity contribution in [2.75, 3.05) is 0 Å². The smallest absolute Gasteiger partial charge is 0.416 e. The van der Waals surface area contributed by atoms with E-state index in [0.717, 1.165) is 12.1 Å². The summed E-state index contributed by atoms with van der Waals surface area (Å²) in [6.45, 7) is 1.83. The van der Waals surface area contributed by atoms with Crippen LogP contribution < -0.4 is 5.32 Å². The zero-order valence-corrected chi connectivity index (χ0v) is 12.4. The Morgan fingerprint density at radius 1 is 1.22 bits per heavy atom. The van der Waals surface area contributed by atoms with Gasteiger partial charge in [-0.2, -0.15) is 13.2 Å². The fourth-order valence-corrected chi connectivity index (χ4v) is 1.90. The fourth-order valence-electron chi connectivity index (χ4n) is 1.90. The zero-order valence-electron chi connectivity index (χ0n) is 12.4. The molecule has 0 saturated carbocycles. The average molecular weight is 335 g/mol. The molecule has 0 aromatic heterocycles. The molecule has 0 spiro atoms. The number of carbonyl (C=O) groups excluding carboxylic acids is 1. The molecule has 23 heavy (non-hydrogen) atoms. The van der Waals surface area contributed by atoms with Crippen molar-refractivity contribution >= 4 is 11.9 Å². The maximum atomic E-state index is 14.0. The normalized spacial score (nSPS) is 14.1. The van der Waals surface area contributed by atoms with E-state index < -0.39 is 35.8 Å². The van der Waals surface area contributed by atoms with E-state index >= 15 is 0 Å². The topological polar surface area (TPSA) is 66.4 Å². The van der Waals surface area contributed by atoms with Crippen LogP contribution in [0.2, 0.25) is 0 Å². The monoisotopic (exact) mass is 335 g/mol. The second kappa shape index (κ2) is 7.94. The van der Waals surface area contributed by atoms with Gasteiger partial charge in [0.25, 0.3) is 5.91 Å². The lowest BCUT2D eigenvalue weighted by atomic mass is 10.1. The van der Waals surface area contributed by atoms with E-state index in [4.69, 9.17) is 5.11 Å². The standard InChI is InChI=1S/C15H17F4NO3/c1-2-3-4-11(14(22)23)20-13(21)12(16)9-5-7-10(8-6-9)15(17,18)19/h5-8,11-12H,2-4H2,1H3,(H,20,21)(H,22,23).